The summed E-state index contributed by atoms with van der Waals surface area (Å²) in [5.74, 6) is 0.722. The number of sulfone groups is 1. The van der Waals surface area contributed by atoms with Crippen LogP contribution in [-0.2, 0) is 25.8 Å². The van der Waals surface area contributed by atoms with Gasteiger partial charge in [0.1, 0.15) is 18.0 Å². The van der Waals surface area contributed by atoms with E-state index in [1.807, 2.05) is 18.2 Å². The molecule has 1 amide bonds. The van der Waals surface area contributed by atoms with Crippen LogP contribution in [0.25, 0.3) is 11.1 Å². The van der Waals surface area contributed by atoms with E-state index in [9.17, 15) is 13.2 Å². The van der Waals surface area contributed by atoms with Gasteiger partial charge in [-0.2, -0.15) is 0 Å². The van der Waals surface area contributed by atoms with E-state index in [1.54, 1.807) is 24.3 Å². The number of carbonyl (C=O) groups excluding carboxylic acids is 1. The second kappa shape index (κ2) is 7.56. The van der Waals surface area contributed by atoms with Crippen LogP contribution < -0.4 is 10.1 Å². The fourth-order valence-corrected chi connectivity index (χ4v) is 4.30. The topological polar surface area (TPSA) is 81.7 Å². The van der Waals surface area contributed by atoms with E-state index in [0.29, 0.717) is 18.0 Å². The number of fused-ring (bicyclic) bond motifs is 1. The van der Waals surface area contributed by atoms with Crippen molar-refractivity contribution < 1.29 is 22.7 Å². The molecule has 0 aliphatic carbocycles. The molecule has 2 aliphatic rings. The van der Waals surface area contributed by atoms with E-state index in [0.717, 1.165) is 41.7 Å². The maximum atomic E-state index is 12.1. The maximum Gasteiger partial charge on any atom is 0.249 e. The summed E-state index contributed by atoms with van der Waals surface area (Å²) in [6.45, 7) is 1.07. The summed E-state index contributed by atoms with van der Waals surface area (Å²) in [4.78, 5) is 12.4. The summed E-state index contributed by atoms with van der Waals surface area (Å²) in [5, 5.41) is 2.93. The van der Waals surface area contributed by atoms with Crippen molar-refractivity contribution in [2.75, 3.05) is 19.4 Å². The molecule has 2 atom stereocenters. The lowest BCUT2D eigenvalue weighted by Gasteiger charge is -2.15. The lowest BCUT2D eigenvalue weighted by atomic mass is 10.0. The number of ether oxygens (including phenoxy) is 2. The van der Waals surface area contributed by atoms with E-state index in [2.05, 4.69) is 5.32 Å². The van der Waals surface area contributed by atoms with Crippen molar-refractivity contribution in [3.8, 4) is 16.9 Å². The standard InChI is InChI=1S/C21H23NO5S/c1-28(24,25)17-9-7-14(8-10-17)18-5-2-4-15-12-16(27-20(15)18)13-22-21(23)19-6-3-11-26-19/h2,4-5,7-10,16,19H,3,6,11-13H2,1H3,(H,22,23). The summed E-state index contributed by atoms with van der Waals surface area (Å²) in [7, 11) is -3.23. The molecule has 6 nitrogen and oxygen atoms in total. The third-order valence-corrected chi connectivity index (χ3v) is 6.28. The zero-order valence-electron chi connectivity index (χ0n) is 15.7. The van der Waals surface area contributed by atoms with E-state index >= 15 is 0 Å². The molecule has 2 heterocycles. The van der Waals surface area contributed by atoms with Gasteiger partial charge >= 0.3 is 0 Å². The number of nitrogens with one attached hydrogen (secondary N) is 1. The van der Waals surface area contributed by atoms with Crippen LogP contribution in [0.5, 0.6) is 5.75 Å². The van der Waals surface area contributed by atoms with Crippen molar-refractivity contribution in [2.24, 2.45) is 0 Å². The van der Waals surface area contributed by atoms with Crippen LogP contribution in [0.3, 0.4) is 0 Å². The molecule has 1 saturated heterocycles. The Bertz CT molecular complexity index is 978. The van der Waals surface area contributed by atoms with Crippen molar-refractivity contribution >= 4 is 15.7 Å². The van der Waals surface area contributed by atoms with E-state index < -0.39 is 9.84 Å². The predicted octanol–water partition coefficient (Wildman–Crippen LogP) is 2.36. The van der Waals surface area contributed by atoms with Crippen molar-refractivity contribution in [1.82, 2.24) is 5.32 Å². The molecule has 0 bridgehead atoms. The highest BCUT2D eigenvalue weighted by Gasteiger charge is 2.28. The number of benzene rings is 2. The Morgan fingerprint density at radius 1 is 1.18 bits per heavy atom. The minimum Gasteiger partial charge on any atom is -0.487 e. The molecule has 0 aromatic heterocycles. The largest absolute Gasteiger partial charge is 0.487 e. The monoisotopic (exact) mass is 401 g/mol. The van der Waals surface area contributed by atoms with Gasteiger partial charge in [-0.05, 0) is 36.1 Å². The van der Waals surface area contributed by atoms with Crippen LogP contribution in [0.2, 0.25) is 0 Å². The lowest BCUT2D eigenvalue weighted by Crippen LogP contribution is -2.40. The summed E-state index contributed by atoms with van der Waals surface area (Å²) in [5.41, 5.74) is 2.90. The van der Waals surface area contributed by atoms with E-state index in [1.165, 1.54) is 6.26 Å². The molecule has 1 N–H and O–H groups in total. The molecule has 0 radical (unpaired) electrons. The quantitative estimate of drug-likeness (QED) is 0.832. The first-order valence-electron chi connectivity index (χ1n) is 9.40. The van der Waals surface area contributed by atoms with Crippen LogP contribution in [0.15, 0.2) is 47.4 Å². The average molecular weight is 401 g/mol. The molecule has 2 aromatic rings. The van der Waals surface area contributed by atoms with Gasteiger partial charge in [0.05, 0.1) is 11.4 Å². The number of hydrogen-bond donors (Lipinski definition) is 1. The Morgan fingerprint density at radius 2 is 1.96 bits per heavy atom. The molecule has 2 aliphatic heterocycles. The van der Waals surface area contributed by atoms with E-state index in [-0.39, 0.29) is 18.1 Å². The van der Waals surface area contributed by atoms with E-state index in [4.69, 9.17) is 9.47 Å². The van der Waals surface area contributed by atoms with Gasteiger partial charge in [0.2, 0.25) is 5.91 Å². The number of amides is 1. The van der Waals surface area contributed by atoms with Gasteiger partial charge in [-0.3, -0.25) is 4.79 Å². The number of carbonyl (C=O) groups is 1. The predicted molar refractivity (Wildman–Crippen MR) is 105 cm³/mol. The highest BCUT2D eigenvalue weighted by atomic mass is 32.2. The molecule has 1 fully saturated rings. The molecule has 2 unspecified atom stereocenters. The maximum absolute atomic E-state index is 12.1. The first-order valence-corrected chi connectivity index (χ1v) is 11.3. The highest BCUT2D eigenvalue weighted by Crippen LogP contribution is 2.38. The van der Waals surface area contributed by atoms with Crippen molar-refractivity contribution in [1.29, 1.82) is 0 Å². The Kier molecular flexibility index (Phi) is 5.12. The first-order chi connectivity index (χ1) is 13.4. The fraction of sp³-hybridized carbons (Fsp3) is 0.381. The number of rotatable bonds is 5. The molecule has 7 heteroatoms. The number of hydrogen-bond acceptors (Lipinski definition) is 5. The van der Waals surface area contributed by atoms with Gasteiger partial charge in [-0.15, -0.1) is 0 Å². The normalized spacial score (nSPS) is 21.2. The van der Waals surface area contributed by atoms with Crippen LogP contribution in [-0.4, -0.2) is 45.9 Å². The summed E-state index contributed by atoms with van der Waals surface area (Å²) >= 11 is 0. The third-order valence-electron chi connectivity index (χ3n) is 5.15. The average Bonchev–Trinajstić information content (AvgIpc) is 3.34. The highest BCUT2D eigenvalue weighted by molar-refractivity contribution is 7.90. The molecule has 148 valence electrons. The zero-order valence-corrected chi connectivity index (χ0v) is 16.5. The molecular formula is C21H23NO5S. The molecule has 0 saturated carbocycles. The van der Waals surface area contributed by atoms with Crippen LogP contribution in [0.4, 0.5) is 0 Å². The van der Waals surface area contributed by atoms with Gasteiger partial charge in [0.15, 0.2) is 9.84 Å². The zero-order chi connectivity index (χ0) is 19.7. The van der Waals surface area contributed by atoms with Gasteiger partial charge in [0, 0.05) is 24.8 Å². The van der Waals surface area contributed by atoms with Crippen molar-refractivity contribution in [2.45, 2.75) is 36.4 Å². The van der Waals surface area contributed by atoms with Crippen LogP contribution >= 0.6 is 0 Å². The molecule has 28 heavy (non-hydrogen) atoms. The minimum atomic E-state index is -3.23. The second-order valence-corrected chi connectivity index (χ2v) is 9.30. The fourth-order valence-electron chi connectivity index (χ4n) is 3.67. The molecule has 4 rings (SSSR count). The molecule has 0 spiro atoms. The summed E-state index contributed by atoms with van der Waals surface area (Å²) in [6, 6.07) is 12.8. The Morgan fingerprint density at radius 3 is 2.64 bits per heavy atom. The third kappa shape index (κ3) is 3.91. The Balaban J connectivity index is 1.47. The second-order valence-electron chi connectivity index (χ2n) is 7.28. The molecular weight excluding hydrogens is 378 g/mol. The Labute approximate surface area is 164 Å². The van der Waals surface area contributed by atoms with Gasteiger partial charge in [-0.25, -0.2) is 8.42 Å². The van der Waals surface area contributed by atoms with Gasteiger partial charge in [-0.1, -0.05) is 30.3 Å². The van der Waals surface area contributed by atoms with Crippen LogP contribution in [0.1, 0.15) is 18.4 Å². The van der Waals surface area contributed by atoms with Gasteiger partial charge < -0.3 is 14.8 Å². The first kappa shape index (κ1) is 19.0. The Hall–Kier alpha value is -2.38. The van der Waals surface area contributed by atoms with Crippen molar-refractivity contribution in [3.63, 3.8) is 0 Å². The van der Waals surface area contributed by atoms with Crippen molar-refractivity contribution in [3.05, 3.63) is 48.0 Å². The SMILES string of the molecule is CS(=O)(=O)c1ccc(-c2cccc3c2OC(CNC(=O)C2CCCO2)C3)cc1. The smallest absolute Gasteiger partial charge is 0.249 e. The summed E-state index contributed by atoms with van der Waals surface area (Å²) in [6.07, 6.45) is 3.14. The lowest BCUT2D eigenvalue weighted by molar-refractivity contribution is -0.130. The molecule has 2 aromatic carbocycles. The minimum absolute atomic E-state index is 0.0753. The number of para-hydroxylation sites is 1. The van der Waals surface area contributed by atoms with Gasteiger partial charge in [0.25, 0.3) is 0 Å². The summed E-state index contributed by atoms with van der Waals surface area (Å²) < 4.78 is 34.9. The van der Waals surface area contributed by atoms with Crippen LogP contribution in [0, 0.1) is 0 Å².